The number of H-pyrrole nitrogens is 1. The Morgan fingerprint density at radius 3 is 2.65 bits per heavy atom. The molecule has 0 saturated heterocycles. The lowest BCUT2D eigenvalue weighted by Crippen LogP contribution is -2.13. The number of nitrogens with zero attached hydrogens (tertiary/aromatic N) is 1. The second-order valence-electron chi connectivity index (χ2n) is 6.21. The highest BCUT2D eigenvalue weighted by Crippen LogP contribution is 2.23. The molecular weight excluding hydrogens is 228 g/mol. The van der Waals surface area contributed by atoms with E-state index in [0.717, 1.165) is 36.1 Å². The molecule has 0 fully saturated rings. The lowest BCUT2D eigenvalue weighted by Gasteiger charge is -2.19. The van der Waals surface area contributed by atoms with Crippen LogP contribution in [0, 0.1) is 10.1 Å². The second kappa shape index (κ2) is 4.89. The molecule has 0 atom stereocenters. The van der Waals surface area contributed by atoms with Gasteiger partial charge < -0.3 is 4.98 Å². The SMILES string of the molecule is CC(C)(C)CCc1nc(=S)c2c([nH]1)CCCC2. The van der Waals surface area contributed by atoms with Crippen molar-refractivity contribution in [2.24, 2.45) is 5.41 Å². The Kier molecular flexibility index (Phi) is 3.67. The number of nitrogens with one attached hydrogen (secondary N) is 1. The molecular formula is C14H22N2S. The van der Waals surface area contributed by atoms with Gasteiger partial charge in [-0.3, -0.25) is 0 Å². The molecule has 1 aliphatic carbocycles. The van der Waals surface area contributed by atoms with Gasteiger partial charge in [-0.25, -0.2) is 4.98 Å². The van der Waals surface area contributed by atoms with Crippen LogP contribution < -0.4 is 0 Å². The van der Waals surface area contributed by atoms with E-state index in [1.54, 1.807) is 0 Å². The minimum Gasteiger partial charge on any atom is -0.347 e. The zero-order valence-corrected chi connectivity index (χ0v) is 11.9. The van der Waals surface area contributed by atoms with Gasteiger partial charge in [0.25, 0.3) is 0 Å². The van der Waals surface area contributed by atoms with Crippen molar-refractivity contribution < 1.29 is 0 Å². The molecule has 1 heterocycles. The summed E-state index contributed by atoms with van der Waals surface area (Å²) < 4.78 is 0.836. The number of aromatic amines is 1. The first-order chi connectivity index (χ1) is 7.96. The topological polar surface area (TPSA) is 28.7 Å². The fourth-order valence-electron chi connectivity index (χ4n) is 2.28. The van der Waals surface area contributed by atoms with Crippen LogP contribution in [0.2, 0.25) is 0 Å². The Morgan fingerprint density at radius 2 is 1.94 bits per heavy atom. The highest BCUT2D eigenvalue weighted by molar-refractivity contribution is 7.71. The van der Waals surface area contributed by atoms with E-state index in [2.05, 4.69) is 30.7 Å². The molecule has 2 rings (SSSR count). The first kappa shape index (κ1) is 12.7. The van der Waals surface area contributed by atoms with Crippen molar-refractivity contribution in [3.8, 4) is 0 Å². The van der Waals surface area contributed by atoms with Crippen molar-refractivity contribution in [1.29, 1.82) is 0 Å². The minimum atomic E-state index is 0.354. The minimum absolute atomic E-state index is 0.354. The van der Waals surface area contributed by atoms with Gasteiger partial charge in [0.1, 0.15) is 10.5 Å². The summed E-state index contributed by atoms with van der Waals surface area (Å²) >= 11 is 5.40. The number of hydrogen-bond acceptors (Lipinski definition) is 2. The van der Waals surface area contributed by atoms with Crippen LogP contribution in [0.5, 0.6) is 0 Å². The van der Waals surface area contributed by atoms with Crippen molar-refractivity contribution >= 4 is 12.2 Å². The molecule has 0 spiro atoms. The maximum Gasteiger partial charge on any atom is 0.133 e. The molecule has 0 aliphatic heterocycles. The van der Waals surface area contributed by atoms with E-state index in [1.165, 1.54) is 24.1 Å². The third-order valence-electron chi connectivity index (χ3n) is 3.37. The Labute approximate surface area is 109 Å². The van der Waals surface area contributed by atoms with Gasteiger partial charge in [-0.1, -0.05) is 33.0 Å². The van der Waals surface area contributed by atoms with Gasteiger partial charge >= 0.3 is 0 Å². The molecule has 94 valence electrons. The predicted octanol–water partition coefficient (Wildman–Crippen LogP) is 4.00. The van der Waals surface area contributed by atoms with Crippen LogP contribution in [-0.4, -0.2) is 9.97 Å². The number of aromatic nitrogens is 2. The number of rotatable bonds is 2. The number of aryl methyl sites for hydroxylation is 2. The second-order valence-corrected chi connectivity index (χ2v) is 6.60. The van der Waals surface area contributed by atoms with E-state index in [-0.39, 0.29) is 0 Å². The summed E-state index contributed by atoms with van der Waals surface area (Å²) in [6.07, 6.45) is 6.93. The van der Waals surface area contributed by atoms with Crippen molar-refractivity contribution in [2.45, 2.75) is 59.3 Å². The Balaban J connectivity index is 2.20. The van der Waals surface area contributed by atoms with E-state index in [9.17, 15) is 0 Å². The standard InChI is InChI=1S/C14H22N2S/c1-14(2,3)9-8-12-15-11-7-5-4-6-10(11)13(17)16-12/h4-9H2,1-3H3,(H,15,16,17). The summed E-state index contributed by atoms with van der Waals surface area (Å²) in [6.45, 7) is 6.79. The van der Waals surface area contributed by atoms with Crippen LogP contribution >= 0.6 is 12.2 Å². The van der Waals surface area contributed by atoms with Gasteiger partial charge in [-0.05, 0) is 37.5 Å². The van der Waals surface area contributed by atoms with Gasteiger partial charge in [-0.15, -0.1) is 0 Å². The number of hydrogen-bond donors (Lipinski definition) is 1. The zero-order chi connectivity index (χ0) is 12.5. The third kappa shape index (κ3) is 3.38. The van der Waals surface area contributed by atoms with E-state index in [0.29, 0.717) is 5.41 Å². The van der Waals surface area contributed by atoms with Gasteiger partial charge in [0.05, 0.1) is 0 Å². The van der Waals surface area contributed by atoms with Crippen LogP contribution in [0.3, 0.4) is 0 Å². The molecule has 1 aromatic heterocycles. The molecule has 1 N–H and O–H groups in total. The Bertz CT molecular complexity index is 454. The van der Waals surface area contributed by atoms with Gasteiger partial charge in [0.15, 0.2) is 0 Å². The average molecular weight is 250 g/mol. The van der Waals surface area contributed by atoms with Gasteiger partial charge in [0.2, 0.25) is 0 Å². The smallest absolute Gasteiger partial charge is 0.133 e. The molecule has 0 radical (unpaired) electrons. The summed E-state index contributed by atoms with van der Waals surface area (Å²) in [6, 6.07) is 0. The van der Waals surface area contributed by atoms with E-state index in [4.69, 9.17) is 12.2 Å². The molecule has 0 unspecified atom stereocenters. The molecule has 2 nitrogen and oxygen atoms in total. The highest BCUT2D eigenvalue weighted by Gasteiger charge is 2.15. The fraction of sp³-hybridized carbons (Fsp3) is 0.714. The molecule has 17 heavy (non-hydrogen) atoms. The maximum absolute atomic E-state index is 5.40. The van der Waals surface area contributed by atoms with E-state index in [1.807, 2.05) is 0 Å². The lowest BCUT2D eigenvalue weighted by molar-refractivity contribution is 0.374. The lowest BCUT2D eigenvalue weighted by atomic mass is 9.90. The van der Waals surface area contributed by atoms with Crippen molar-refractivity contribution in [3.05, 3.63) is 21.7 Å². The van der Waals surface area contributed by atoms with Crippen LogP contribution in [-0.2, 0) is 19.3 Å². The van der Waals surface area contributed by atoms with Gasteiger partial charge in [-0.2, -0.15) is 0 Å². The highest BCUT2D eigenvalue weighted by atomic mass is 32.1. The first-order valence-electron chi connectivity index (χ1n) is 6.57. The Morgan fingerprint density at radius 1 is 1.24 bits per heavy atom. The fourth-order valence-corrected chi connectivity index (χ4v) is 2.62. The monoisotopic (exact) mass is 250 g/mol. The summed E-state index contributed by atoms with van der Waals surface area (Å²) in [7, 11) is 0. The van der Waals surface area contributed by atoms with Crippen molar-refractivity contribution in [2.75, 3.05) is 0 Å². The number of fused-ring (bicyclic) bond motifs is 1. The quantitative estimate of drug-likeness (QED) is 0.804. The van der Waals surface area contributed by atoms with E-state index >= 15 is 0 Å². The average Bonchev–Trinajstić information content (AvgIpc) is 2.26. The molecule has 0 aromatic carbocycles. The Hall–Kier alpha value is -0.700. The molecule has 0 amide bonds. The van der Waals surface area contributed by atoms with Crippen LogP contribution in [0.25, 0.3) is 0 Å². The van der Waals surface area contributed by atoms with Crippen LogP contribution in [0.1, 0.15) is 57.1 Å². The zero-order valence-electron chi connectivity index (χ0n) is 11.1. The molecule has 0 saturated carbocycles. The summed E-state index contributed by atoms with van der Waals surface area (Å²) in [5.74, 6) is 1.07. The summed E-state index contributed by atoms with van der Waals surface area (Å²) in [5.41, 5.74) is 3.00. The molecule has 0 bridgehead atoms. The maximum atomic E-state index is 5.40. The van der Waals surface area contributed by atoms with Crippen molar-refractivity contribution in [3.63, 3.8) is 0 Å². The first-order valence-corrected chi connectivity index (χ1v) is 6.97. The molecule has 1 aliphatic rings. The molecule has 1 aromatic rings. The largest absolute Gasteiger partial charge is 0.347 e. The molecule has 3 heteroatoms. The predicted molar refractivity (Wildman–Crippen MR) is 73.8 cm³/mol. The van der Waals surface area contributed by atoms with Crippen LogP contribution in [0.4, 0.5) is 0 Å². The normalized spacial score (nSPS) is 15.7. The third-order valence-corrected chi connectivity index (χ3v) is 3.71. The van der Waals surface area contributed by atoms with E-state index < -0.39 is 0 Å². The van der Waals surface area contributed by atoms with Gasteiger partial charge in [0, 0.05) is 17.7 Å². The summed E-state index contributed by atoms with van der Waals surface area (Å²) in [4.78, 5) is 8.05. The van der Waals surface area contributed by atoms with Crippen LogP contribution in [0.15, 0.2) is 0 Å². The summed E-state index contributed by atoms with van der Waals surface area (Å²) in [5, 5.41) is 0. The van der Waals surface area contributed by atoms with Crippen molar-refractivity contribution in [1.82, 2.24) is 9.97 Å².